The topological polar surface area (TPSA) is 30.0 Å². The van der Waals surface area contributed by atoms with Crippen LogP contribution in [0.5, 0.6) is 0 Å². The number of hydrogen-bond acceptors (Lipinski definition) is 2. The molecule has 13 heavy (non-hydrogen) atoms. The number of aryl methyl sites for hydroxylation is 1. The quantitative estimate of drug-likeness (QED) is 0.634. The van der Waals surface area contributed by atoms with E-state index in [4.69, 9.17) is 0 Å². The van der Waals surface area contributed by atoms with E-state index < -0.39 is 11.9 Å². The van der Waals surface area contributed by atoms with Crippen molar-refractivity contribution in [1.82, 2.24) is 4.98 Å². The van der Waals surface area contributed by atoms with Crippen LogP contribution in [0.1, 0.15) is 21.7 Å². The van der Waals surface area contributed by atoms with Gasteiger partial charge in [-0.3, -0.25) is 4.79 Å². The van der Waals surface area contributed by atoms with Crippen molar-refractivity contribution in [2.75, 3.05) is 0 Å². The number of halogens is 3. The zero-order valence-corrected chi connectivity index (χ0v) is 6.72. The van der Waals surface area contributed by atoms with E-state index in [2.05, 4.69) is 4.98 Å². The maximum absolute atomic E-state index is 12.1. The summed E-state index contributed by atoms with van der Waals surface area (Å²) in [5.74, 6) is 0. The number of carbonyl (C=O) groups is 1. The van der Waals surface area contributed by atoms with Gasteiger partial charge in [-0.25, -0.2) is 4.98 Å². The van der Waals surface area contributed by atoms with Gasteiger partial charge < -0.3 is 0 Å². The normalized spacial score (nSPS) is 11.4. The highest BCUT2D eigenvalue weighted by molar-refractivity contribution is 5.76. The molecule has 0 aliphatic heterocycles. The Hall–Kier alpha value is -1.39. The zero-order chi connectivity index (χ0) is 10.1. The molecule has 1 aromatic heterocycles. The molecule has 0 aliphatic carbocycles. The fraction of sp³-hybridized carbons (Fsp3) is 0.250. The van der Waals surface area contributed by atoms with Crippen LogP contribution in [0.3, 0.4) is 0 Å². The van der Waals surface area contributed by atoms with Gasteiger partial charge in [0, 0.05) is 11.3 Å². The van der Waals surface area contributed by atoms with Crippen LogP contribution < -0.4 is 0 Å². The van der Waals surface area contributed by atoms with Crippen LogP contribution in [0.25, 0.3) is 0 Å². The standard InChI is InChI=1S/C8H6F3NO/c1-5-6(4-13)2-3-7(12-5)8(9,10)11/h2-4H,1H3. The van der Waals surface area contributed by atoms with Crippen LogP contribution in [-0.2, 0) is 6.18 Å². The van der Waals surface area contributed by atoms with Crippen molar-refractivity contribution in [3.8, 4) is 0 Å². The molecule has 0 saturated heterocycles. The van der Waals surface area contributed by atoms with Gasteiger partial charge in [0.1, 0.15) is 5.69 Å². The van der Waals surface area contributed by atoms with Crippen molar-refractivity contribution in [2.45, 2.75) is 13.1 Å². The van der Waals surface area contributed by atoms with Crippen LogP contribution in [0.4, 0.5) is 13.2 Å². The van der Waals surface area contributed by atoms with Gasteiger partial charge >= 0.3 is 6.18 Å². The zero-order valence-electron chi connectivity index (χ0n) is 6.72. The Morgan fingerprint density at radius 1 is 1.38 bits per heavy atom. The average molecular weight is 189 g/mol. The number of aromatic nitrogens is 1. The van der Waals surface area contributed by atoms with E-state index >= 15 is 0 Å². The molecule has 0 saturated carbocycles. The number of aldehydes is 1. The summed E-state index contributed by atoms with van der Waals surface area (Å²) >= 11 is 0. The lowest BCUT2D eigenvalue weighted by Crippen LogP contribution is -2.09. The van der Waals surface area contributed by atoms with Crippen LogP contribution in [0.15, 0.2) is 12.1 Å². The summed E-state index contributed by atoms with van der Waals surface area (Å²) in [5, 5.41) is 0. The fourth-order valence-corrected chi connectivity index (χ4v) is 0.854. The predicted octanol–water partition coefficient (Wildman–Crippen LogP) is 2.22. The molecule has 0 N–H and O–H groups in total. The van der Waals surface area contributed by atoms with E-state index in [0.717, 1.165) is 12.1 Å². The van der Waals surface area contributed by atoms with Gasteiger partial charge in [-0.1, -0.05) is 0 Å². The minimum absolute atomic E-state index is 0.0878. The van der Waals surface area contributed by atoms with Gasteiger partial charge in [0.2, 0.25) is 0 Å². The molecule has 1 rings (SSSR count). The molecule has 1 heterocycles. The van der Waals surface area contributed by atoms with E-state index in [-0.39, 0.29) is 11.3 Å². The fourth-order valence-electron chi connectivity index (χ4n) is 0.854. The molecule has 2 nitrogen and oxygen atoms in total. The maximum atomic E-state index is 12.1. The first kappa shape index (κ1) is 9.70. The summed E-state index contributed by atoms with van der Waals surface area (Å²) < 4.78 is 36.2. The highest BCUT2D eigenvalue weighted by Crippen LogP contribution is 2.27. The van der Waals surface area contributed by atoms with E-state index in [1.807, 2.05) is 0 Å². The van der Waals surface area contributed by atoms with Crippen LogP contribution >= 0.6 is 0 Å². The van der Waals surface area contributed by atoms with E-state index in [9.17, 15) is 18.0 Å². The third-order valence-electron chi connectivity index (χ3n) is 1.54. The summed E-state index contributed by atoms with van der Waals surface area (Å²) in [6.07, 6.45) is -3.98. The second-order valence-electron chi connectivity index (χ2n) is 2.49. The predicted molar refractivity (Wildman–Crippen MR) is 39.4 cm³/mol. The van der Waals surface area contributed by atoms with Crippen molar-refractivity contribution < 1.29 is 18.0 Å². The van der Waals surface area contributed by atoms with Gasteiger partial charge in [-0.05, 0) is 19.1 Å². The summed E-state index contributed by atoms with van der Waals surface area (Å²) in [7, 11) is 0. The second-order valence-corrected chi connectivity index (χ2v) is 2.49. The minimum Gasteiger partial charge on any atom is -0.298 e. The molecule has 0 amide bonds. The Bertz CT molecular complexity index is 333. The number of hydrogen-bond donors (Lipinski definition) is 0. The molecule has 0 fully saturated rings. The Morgan fingerprint density at radius 2 is 2.00 bits per heavy atom. The van der Waals surface area contributed by atoms with E-state index in [0.29, 0.717) is 6.29 Å². The first-order valence-electron chi connectivity index (χ1n) is 3.45. The van der Waals surface area contributed by atoms with Gasteiger partial charge in [-0.15, -0.1) is 0 Å². The van der Waals surface area contributed by atoms with E-state index in [1.54, 1.807) is 0 Å². The Labute approximate surface area is 72.4 Å². The molecule has 0 atom stereocenters. The lowest BCUT2D eigenvalue weighted by Gasteiger charge is -2.06. The third-order valence-corrected chi connectivity index (χ3v) is 1.54. The lowest BCUT2D eigenvalue weighted by molar-refractivity contribution is -0.141. The average Bonchev–Trinajstić information content (AvgIpc) is 2.02. The SMILES string of the molecule is Cc1nc(C(F)(F)F)ccc1C=O. The Kier molecular flexibility index (Phi) is 2.36. The van der Waals surface area contributed by atoms with Crippen molar-refractivity contribution in [3.63, 3.8) is 0 Å². The number of carbonyl (C=O) groups excluding carboxylic acids is 1. The van der Waals surface area contributed by atoms with Crippen LogP contribution in [0, 0.1) is 6.92 Å². The maximum Gasteiger partial charge on any atom is 0.433 e. The Morgan fingerprint density at radius 3 is 2.38 bits per heavy atom. The minimum atomic E-state index is -4.45. The number of pyridine rings is 1. The summed E-state index contributed by atoms with van der Waals surface area (Å²) in [6, 6.07) is 1.90. The molecule has 0 bridgehead atoms. The van der Waals surface area contributed by atoms with Crippen molar-refractivity contribution in [3.05, 3.63) is 29.1 Å². The molecule has 1 aromatic rings. The third kappa shape index (κ3) is 2.05. The molecule has 5 heteroatoms. The second kappa shape index (κ2) is 3.16. The summed E-state index contributed by atoms with van der Waals surface area (Å²) in [4.78, 5) is 13.5. The highest BCUT2D eigenvalue weighted by Gasteiger charge is 2.32. The summed E-state index contributed by atoms with van der Waals surface area (Å²) in [6.45, 7) is 1.36. The molecular formula is C8H6F3NO. The van der Waals surface area contributed by atoms with Gasteiger partial charge in [0.25, 0.3) is 0 Å². The molecule has 0 aliphatic rings. The first-order chi connectivity index (χ1) is 5.95. The van der Waals surface area contributed by atoms with Gasteiger partial charge in [0.05, 0.1) is 0 Å². The molecular weight excluding hydrogens is 183 g/mol. The van der Waals surface area contributed by atoms with Gasteiger partial charge in [-0.2, -0.15) is 13.2 Å². The largest absolute Gasteiger partial charge is 0.433 e. The highest BCUT2D eigenvalue weighted by atomic mass is 19.4. The molecule has 0 spiro atoms. The van der Waals surface area contributed by atoms with Gasteiger partial charge in [0.15, 0.2) is 6.29 Å². The molecule has 0 aromatic carbocycles. The van der Waals surface area contributed by atoms with Crippen molar-refractivity contribution in [2.24, 2.45) is 0 Å². The van der Waals surface area contributed by atoms with Crippen LogP contribution in [0.2, 0.25) is 0 Å². The Balaban J connectivity index is 3.17. The smallest absolute Gasteiger partial charge is 0.298 e. The number of nitrogens with zero attached hydrogens (tertiary/aromatic N) is 1. The van der Waals surface area contributed by atoms with Crippen LogP contribution in [-0.4, -0.2) is 11.3 Å². The molecule has 70 valence electrons. The monoisotopic (exact) mass is 189 g/mol. The number of rotatable bonds is 1. The molecule has 0 radical (unpaired) electrons. The molecule has 0 unspecified atom stereocenters. The van der Waals surface area contributed by atoms with Crippen molar-refractivity contribution >= 4 is 6.29 Å². The summed E-state index contributed by atoms with van der Waals surface area (Å²) in [5.41, 5.74) is -0.714. The lowest BCUT2D eigenvalue weighted by atomic mass is 10.2. The first-order valence-corrected chi connectivity index (χ1v) is 3.45. The van der Waals surface area contributed by atoms with E-state index in [1.165, 1.54) is 6.92 Å². The number of alkyl halides is 3. The van der Waals surface area contributed by atoms with Crippen molar-refractivity contribution in [1.29, 1.82) is 0 Å².